The molecular formula is C19H17ClF4IN6OP. The number of benzene rings is 1. The van der Waals surface area contributed by atoms with Gasteiger partial charge >= 0.3 is 6.18 Å². The molecule has 0 bridgehead atoms. The Kier molecular flexibility index (Phi) is 6.71. The number of aromatic nitrogens is 5. The Balaban J connectivity index is 1.71. The summed E-state index contributed by atoms with van der Waals surface area (Å²) in [6.07, 6.45) is -2.67. The van der Waals surface area contributed by atoms with E-state index in [2.05, 4.69) is 15.4 Å². The van der Waals surface area contributed by atoms with Gasteiger partial charge in [-0.3, -0.25) is 4.79 Å². The summed E-state index contributed by atoms with van der Waals surface area (Å²) in [5.74, 6) is -0.960. The van der Waals surface area contributed by atoms with Crippen LogP contribution >= 0.6 is 40.0 Å². The molecule has 0 aliphatic carbocycles. The van der Waals surface area contributed by atoms with Crippen molar-refractivity contribution in [1.29, 1.82) is 0 Å². The summed E-state index contributed by atoms with van der Waals surface area (Å²) in [5.41, 5.74) is 0.176. The molecule has 3 heterocycles. The van der Waals surface area contributed by atoms with E-state index in [9.17, 15) is 22.4 Å². The second-order valence-corrected chi connectivity index (χ2v) is 9.95. The van der Waals surface area contributed by atoms with Crippen molar-refractivity contribution in [2.45, 2.75) is 38.5 Å². The van der Waals surface area contributed by atoms with Crippen LogP contribution in [0.5, 0.6) is 0 Å². The second kappa shape index (κ2) is 9.10. The average molecular weight is 615 g/mol. The fraction of sp³-hybridized carbons (Fsp3) is 0.368. The lowest BCUT2D eigenvalue weighted by molar-refractivity contribution is -0.138. The van der Waals surface area contributed by atoms with Gasteiger partial charge in [0.2, 0.25) is 0 Å². The molecule has 3 aromatic rings. The number of alkyl halides is 3. The number of hydrogen-bond donors (Lipinski definition) is 0. The third-order valence-electron chi connectivity index (χ3n) is 5.70. The van der Waals surface area contributed by atoms with Crippen LogP contribution in [0, 0.1) is 5.82 Å². The molecule has 4 rings (SSSR count). The van der Waals surface area contributed by atoms with Gasteiger partial charge in [0, 0.05) is 13.0 Å². The lowest BCUT2D eigenvalue weighted by Gasteiger charge is -2.35. The second-order valence-electron chi connectivity index (χ2n) is 7.54. The minimum absolute atomic E-state index is 0.0476. The quantitative estimate of drug-likeness (QED) is 0.231. The Morgan fingerprint density at radius 1 is 1.33 bits per heavy atom. The molecule has 14 heteroatoms. The number of anilines is 1. The molecule has 1 aromatic carbocycles. The number of hydrogen-bond acceptors (Lipinski definition) is 5. The van der Waals surface area contributed by atoms with Crippen LogP contribution in [0.4, 0.5) is 23.2 Å². The van der Waals surface area contributed by atoms with Crippen LogP contribution in [0.15, 0.2) is 29.2 Å². The predicted molar refractivity (Wildman–Crippen MR) is 126 cm³/mol. The highest BCUT2D eigenvalue weighted by atomic mass is 127. The molecule has 0 amide bonds. The molecule has 1 aliphatic heterocycles. The van der Waals surface area contributed by atoms with Crippen LogP contribution in [-0.2, 0) is 12.6 Å². The number of rotatable bonds is 4. The highest BCUT2D eigenvalue weighted by Gasteiger charge is 2.37. The SMILES string of the molecule is CC(c1ccc(F)cc1C(F)(F)F)n1nnc2c1CCN(c1cnn(PI)c(=O)c1Cl)[C@H]2C. The summed E-state index contributed by atoms with van der Waals surface area (Å²) in [7, 11) is 0. The molecule has 0 saturated carbocycles. The third kappa shape index (κ3) is 4.37. The molecule has 0 fully saturated rings. The third-order valence-corrected chi connectivity index (χ3v) is 7.91. The van der Waals surface area contributed by atoms with Crippen molar-refractivity contribution in [2.75, 3.05) is 11.4 Å². The Morgan fingerprint density at radius 3 is 2.73 bits per heavy atom. The largest absolute Gasteiger partial charge is 0.416 e. The normalized spacial score (nSPS) is 17.6. The summed E-state index contributed by atoms with van der Waals surface area (Å²) >= 11 is 8.35. The van der Waals surface area contributed by atoms with Crippen molar-refractivity contribution in [3.63, 3.8) is 0 Å². The van der Waals surface area contributed by atoms with Crippen molar-refractivity contribution in [2.24, 2.45) is 0 Å². The van der Waals surface area contributed by atoms with Crippen molar-refractivity contribution in [3.8, 4) is 0 Å². The van der Waals surface area contributed by atoms with Crippen molar-refractivity contribution in [3.05, 3.63) is 68.1 Å². The van der Waals surface area contributed by atoms with Gasteiger partial charge in [-0.2, -0.15) is 18.3 Å². The maximum absolute atomic E-state index is 13.5. The van der Waals surface area contributed by atoms with E-state index < -0.39 is 29.2 Å². The maximum Gasteiger partial charge on any atom is 0.416 e. The molecule has 0 spiro atoms. The minimum atomic E-state index is -4.71. The Labute approximate surface area is 205 Å². The maximum atomic E-state index is 13.5. The minimum Gasteiger partial charge on any atom is -0.360 e. The molecule has 2 aromatic heterocycles. The zero-order valence-corrected chi connectivity index (χ0v) is 21.2. The van der Waals surface area contributed by atoms with E-state index in [1.54, 1.807) is 6.92 Å². The van der Waals surface area contributed by atoms with E-state index in [-0.39, 0.29) is 23.0 Å². The summed E-state index contributed by atoms with van der Waals surface area (Å²) in [6.45, 7) is 3.85. The molecule has 33 heavy (non-hydrogen) atoms. The van der Waals surface area contributed by atoms with E-state index in [4.69, 9.17) is 11.6 Å². The van der Waals surface area contributed by atoms with Gasteiger partial charge in [0.1, 0.15) is 16.5 Å². The molecule has 7 nitrogen and oxygen atoms in total. The van der Waals surface area contributed by atoms with Gasteiger partial charge in [-0.05, 0) is 53.6 Å². The highest BCUT2D eigenvalue weighted by molar-refractivity contribution is 14.2. The number of halogens is 6. The van der Waals surface area contributed by atoms with Crippen molar-refractivity contribution < 1.29 is 17.6 Å². The van der Waals surface area contributed by atoms with Crippen LogP contribution in [-0.4, -0.2) is 31.1 Å². The first kappa shape index (κ1) is 24.3. The van der Waals surface area contributed by atoms with Gasteiger partial charge in [0.15, 0.2) is 0 Å². The fourth-order valence-electron chi connectivity index (χ4n) is 4.06. The fourth-order valence-corrected chi connectivity index (χ4v) is 5.68. The predicted octanol–water partition coefficient (Wildman–Crippen LogP) is 5.17. The zero-order chi connectivity index (χ0) is 24.1. The topological polar surface area (TPSA) is 68.8 Å². The van der Waals surface area contributed by atoms with Gasteiger partial charge in [-0.15, -0.1) is 5.10 Å². The molecule has 0 saturated heterocycles. The highest BCUT2D eigenvalue weighted by Crippen LogP contribution is 2.39. The number of nitrogens with zero attached hydrogens (tertiary/aromatic N) is 6. The Morgan fingerprint density at radius 2 is 2.06 bits per heavy atom. The summed E-state index contributed by atoms with van der Waals surface area (Å²) in [5, 5.41) is 12.5. The van der Waals surface area contributed by atoms with E-state index in [0.717, 1.165) is 12.1 Å². The van der Waals surface area contributed by atoms with Crippen LogP contribution in [0.2, 0.25) is 5.02 Å². The summed E-state index contributed by atoms with van der Waals surface area (Å²) in [6, 6.07) is 1.46. The van der Waals surface area contributed by atoms with Crippen molar-refractivity contribution >= 4 is 45.7 Å². The summed E-state index contributed by atoms with van der Waals surface area (Å²) < 4.78 is 56.8. The van der Waals surface area contributed by atoms with Gasteiger partial charge in [0.05, 0.1) is 41.6 Å². The molecular weight excluding hydrogens is 598 g/mol. The first-order chi connectivity index (χ1) is 15.5. The number of fused-ring (bicyclic) bond motifs is 1. The Bertz CT molecular complexity index is 1270. The lowest BCUT2D eigenvalue weighted by atomic mass is 9.99. The first-order valence-electron chi connectivity index (χ1n) is 9.76. The van der Waals surface area contributed by atoms with E-state index in [1.807, 2.05) is 33.9 Å². The molecule has 0 N–H and O–H groups in total. The van der Waals surface area contributed by atoms with Crippen LogP contribution in [0.1, 0.15) is 48.4 Å². The van der Waals surface area contributed by atoms with E-state index in [0.29, 0.717) is 36.1 Å². The van der Waals surface area contributed by atoms with Crippen LogP contribution in [0.25, 0.3) is 0 Å². The van der Waals surface area contributed by atoms with Gasteiger partial charge in [-0.1, -0.05) is 22.9 Å². The summed E-state index contributed by atoms with van der Waals surface area (Å²) in [4.78, 5) is 14.3. The Hall–Kier alpha value is -1.79. The van der Waals surface area contributed by atoms with Gasteiger partial charge in [-0.25, -0.2) is 13.5 Å². The first-order valence-corrected chi connectivity index (χ1v) is 14.2. The van der Waals surface area contributed by atoms with E-state index in [1.165, 1.54) is 15.3 Å². The smallest absolute Gasteiger partial charge is 0.360 e. The van der Waals surface area contributed by atoms with Crippen LogP contribution in [0.3, 0.4) is 0 Å². The standard InChI is InChI=1S/C19H17ClF4IN6OP/c1-9(12-4-3-11(21)7-13(12)19(22,23)24)30-14-5-6-29(10(2)17(14)27-28-30)15-8-26-31(33-25)18(32)16(15)20/h3-4,7-10,33H,5-6H2,1-2H3/t9?,10-/m0/s1. The van der Waals surface area contributed by atoms with Gasteiger partial charge < -0.3 is 4.90 Å². The monoisotopic (exact) mass is 614 g/mol. The molecule has 3 atom stereocenters. The zero-order valence-electron chi connectivity index (χ0n) is 17.2. The van der Waals surface area contributed by atoms with Crippen LogP contribution < -0.4 is 10.5 Å². The van der Waals surface area contributed by atoms with E-state index >= 15 is 0 Å². The molecule has 0 radical (unpaired) electrons. The lowest BCUT2D eigenvalue weighted by Crippen LogP contribution is -2.36. The van der Waals surface area contributed by atoms with Crippen molar-refractivity contribution in [1.82, 2.24) is 24.5 Å². The molecule has 2 unspecified atom stereocenters. The molecule has 176 valence electrons. The van der Waals surface area contributed by atoms with Gasteiger partial charge in [0.25, 0.3) is 5.56 Å². The molecule has 1 aliphatic rings. The average Bonchev–Trinajstić information content (AvgIpc) is 3.20.